The van der Waals surface area contributed by atoms with Gasteiger partial charge in [-0.3, -0.25) is 0 Å². The van der Waals surface area contributed by atoms with Crippen LogP contribution in [0.1, 0.15) is 15.9 Å². The van der Waals surface area contributed by atoms with Crippen molar-refractivity contribution in [1.29, 1.82) is 0 Å². The molecular weight excluding hydrogens is 362 g/mol. The predicted octanol–water partition coefficient (Wildman–Crippen LogP) is 3.71. The molecule has 0 amide bonds. The molecular formula is C14H10FIO3. The molecule has 0 saturated carbocycles. The standard InChI is InChI=1S/C14H10FIO3/c15-10-5-6-11(14(17)18)9(7-10)8-19-13-4-2-1-3-12(13)16/h1-7H,8H2,(H,17,18). The summed E-state index contributed by atoms with van der Waals surface area (Å²) in [7, 11) is 0. The molecule has 0 bridgehead atoms. The van der Waals surface area contributed by atoms with Gasteiger partial charge in [-0.1, -0.05) is 12.1 Å². The highest BCUT2D eigenvalue weighted by Gasteiger charge is 2.12. The Labute approximate surface area is 123 Å². The van der Waals surface area contributed by atoms with Crippen LogP contribution in [0.15, 0.2) is 42.5 Å². The largest absolute Gasteiger partial charge is 0.488 e. The summed E-state index contributed by atoms with van der Waals surface area (Å²) in [4.78, 5) is 11.0. The van der Waals surface area contributed by atoms with E-state index < -0.39 is 11.8 Å². The minimum Gasteiger partial charge on any atom is -0.488 e. The number of hydrogen-bond acceptors (Lipinski definition) is 2. The van der Waals surface area contributed by atoms with Crippen molar-refractivity contribution in [1.82, 2.24) is 0 Å². The summed E-state index contributed by atoms with van der Waals surface area (Å²) in [5, 5.41) is 9.03. The molecule has 0 radical (unpaired) electrons. The van der Waals surface area contributed by atoms with Crippen molar-refractivity contribution in [3.8, 4) is 5.75 Å². The fourth-order valence-electron chi connectivity index (χ4n) is 1.61. The first kappa shape index (κ1) is 13.8. The molecule has 0 heterocycles. The van der Waals surface area contributed by atoms with Crippen molar-refractivity contribution in [2.75, 3.05) is 0 Å². The van der Waals surface area contributed by atoms with Gasteiger partial charge in [0.1, 0.15) is 18.2 Å². The number of carboxylic acids is 1. The maximum Gasteiger partial charge on any atom is 0.336 e. The number of para-hydroxylation sites is 1. The molecule has 0 spiro atoms. The number of hydrogen-bond donors (Lipinski definition) is 1. The monoisotopic (exact) mass is 372 g/mol. The van der Waals surface area contributed by atoms with E-state index in [0.717, 1.165) is 9.64 Å². The van der Waals surface area contributed by atoms with E-state index in [1.165, 1.54) is 12.1 Å². The summed E-state index contributed by atoms with van der Waals surface area (Å²) in [6, 6.07) is 10.9. The SMILES string of the molecule is O=C(O)c1ccc(F)cc1COc1ccccc1I. The van der Waals surface area contributed by atoms with Crippen LogP contribution in [-0.4, -0.2) is 11.1 Å². The lowest BCUT2D eigenvalue weighted by Gasteiger charge is -2.10. The first-order chi connectivity index (χ1) is 9.08. The van der Waals surface area contributed by atoms with Gasteiger partial charge in [-0.25, -0.2) is 9.18 Å². The smallest absolute Gasteiger partial charge is 0.336 e. The van der Waals surface area contributed by atoms with Crippen LogP contribution in [0.3, 0.4) is 0 Å². The highest BCUT2D eigenvalue weighted by Crippen LogP contribution is 2.22. The minimum atomic E-state index is -1.10. The fraction of sp³-hybridized carbons (Fsp3) is 0.0714. The molecule has 0 saturated heterocycles. The van der Waals surface area contributed by atoms with Crippen LogP contribution in [0.2, 0.25) is 0 Å². The van der Waals surface area contributed by atoms with Gasteiger partial charge < -0.3 is 9.84 Å². The van der Waals surface area contributed by atoms with Crippen molar-refractivity contribution >= 4 is 28.6 Å². The fourth-order valence-corrected chi connectivity index (χ4v) is 2.15. The zero-order valence-electron chi connectivity index (χ0n) is 9.77. The van der Waals surface area contributed by atoms with E-state index in [0.29, 0.717) is 11.3 Å². The maximum absolute atomic E-state index is 13.2. The molecule has 0 aliphatic heterocycles. The first-order valence-corrected chi connectivity index (χ1v) is 6.55. The Bertz CT molecular complexity index is 613. The molecule has 98 valence electrons. The normalized spacial score (nSPS) is 10.2. The Kier molecular flexibility index (Phi) is 4.36. The van der Waals surface area contributed by atoms with Crippen molar-refractivity contribution in [2.45, 2.75) is 6.61 Å². The van der Waals surface area contributed by atoms with E-state index in [2.05, 4.69) is 22.6 Å². The molecule has 2 rings (SSSR count). The average molecular weight is 372 g/mol. The zero-order chi connectivity index (χ0) is 13.8. The van der Waals surface area contributed by atoms with E-state index in [-0.39, 0.29) is 12.2 Å². The van der Waals surface area contributed by atoms with E-state index in [1.807, 2.05) is 18.2 Å². The van der Waals surface area contributed by atoms with Crippen LogP contribution in [-0.2, 0) is 6.61 Å². The molecule has 1 N–H and O–H groups in total. The minimum absolute atomic E-state index is 0.0133. The van der Waals surface area contributed by atoms with E-state index in [1.54, 1.807) is 6.07 Å². The van der Waals surface area contributed by atoms with Crippen LogP contribution in [0.5, 0.6) is 5.75 Å². The summed E-state index contributed by atoms with van der Waals surface area (Å²) >= 11 is 2.12. The molecule has 19 heavy (non-hydrogen) atoms. The molecule has 0 aromatic heterocycles. The Balaban J connectivity index is 2.22. The van der Waals surface area contributed by atoms with Crippen LogP contribution in [0.25, 0.3) is 0 Å². The topological polar surface area (TPSA) is 46.5 Å². The van der Waals surface area contributed by atoms with Crippen molar-refractivity contribution < 1.29 is 19.0 Å². The molecule has 3 nitrogen and oxygen atoms in total. The average Bonchev–Trinajstić information content (AvgIpc) is 2.37. The van der Waals surface area contributed by atoms with Gasteiger partial charge in [-0.05, 0) is 52.9 Å². The van der Waals surface area contributed by atoms with Gasteiger partial charge >= 0.3 is 5.97 Å². The highest BCUT2D eigenvalue weighted by atomic mass is 127. The second kappa shape index (κ2) is 6.01. The third-order valence-electron chi connectivity index (χ3n) is 2.52. The molecule has 2 aromatic carbocycles. The molecule has 0 fully saturated rings. The van der Waals surface area contributed by atoms with Crippen LogP contribution in [0.4, 0.5) is 4.39 Å². The van der Waals surface area contributed by atoms with E-state index >= 15 is 0 Å². The van der Waals surface area contributed by atoms with Gasteiger partial charge in [0, 0.05) is 5.56 Å². The molecule has 0 aliphatic carbocycles. The molecule has 5 heteroatoms. The Morgan fingerprint density at radius 3 is 2.68 bits per heavy atom. The van der Waals surface area contributed by atoms with Crippen molar-refractivity contribution in [3.63, 3.8) is 0 Å². The van der Waals surface area contributed by atoms with Crippen LogP contribution in [0, 0.1) is 9.39 Å². The van der Waals surface area contributed by atoms with Gasteiger partial charge in [-0.2, -0.15) is 0 Å². The van der Waals surface area contributed by atoms with Gasteiger partial charge in [0.15, 0.2) is 0 Å². The van der Waals surface area contributed by atoms with E-state index in [4.69, 9.17) is 9.84 Å². The lowest BCUT2D eigenvalue weighted by molar-refractivity contribution is 0.0694. The maximum atomic E-state index is 13.2. The molecule has 2 aromatic rings. The van der Waals surface area contributed by atoms with Crippen LogP contribution >= 0.6 is 22.6 Å². The quantitative estimate of drug-likeness (QED) is 0.833. The Morgan fingerprint density at radius 1 is 1.26 bits per heavy atom. The van der Waals surface area contributed by atoms with Crippen LogP contribution < -0.4 is 4.74 Å². The molecule has 0 aliphatic rings. The lowest BCUT2D eigenvalue weighted by Crippen LogP contribution is -2.06. The van der Waals surface area contributed by atoms with Gasteiger partial charge in [0.05, 0.1) is 9.13 Å². The van der Waals surface area contributed by atoms with Gasteiger partial charge in [-0.15, -0.1) is 0 Å². The first-order valence-electron chi connectivity index (χ1n) is 5.47. The van der Waals surface area contributed by atoms with E-state index in [9.17, 15) is 9.18 Å². The number of benzene rings is 2. The summed E-state index contributed by atoms with van der Waals surface area (Å²) in [5.74, 6) is -0.934. The number of rotatable bonds is 4. The summed E-state index contributed by atoms with van der Waals surface area (Å²) < 4.78 is 19.6. The predicted molar refractivity (Wildman–Crippen MR) is 76.9 cm³/mol. The highest BCUT2D eigenvalue weighted by molar-refractivity contribution is 14.1. The zero-order valence-corrected chi connectivity index (χ0v) is 11.9. The number of carbonyl (C=O) groups is 1. The van der Waals surface area contributed by atoms with Gasteiger partial charge in [0.25, 0.3) is 0 Å². The lowest BCUT2D eigenvalue weighted by atomic mass is 10.1. The van der Waals surface area contributed by atoms with Gasteiger partial charge in [0.2, 0.25) is 0 Å². The Hall–Kier alpha value is -1.63. The third kappa shape index (κ3) is 3.44. The van der Waals surface area contributed by atoms with Crippen molar-refractivity contribution in [2.24, 2.45) is 0 Å². The molecule has 0 unspecified atom stereocenters. The molecule has 0 atom stereocenters. The second-order valence-electron chi connectivity index (χ2n) is 3.83. The number of ether oxygens (including phenoxy) is 1. The number of halogens is 2. The summed E-state index contributed by atoms with van der Waals surface area (Å²) in [6.45, 7) is 0.0133. The number of aromatic carboxylic acids is 1. The summed E-state index contributed by atoms with van der Waals surface area (Å²) in [5.41, 5.74) is 0.361. The van der Waals surface area contributed by atoms with Crippen molar-refractivity contribution in [3.05, 3.63) is 63.0 Å². The summed E-state index contributed by atoms with van der Waals surface area (Å²) in [6.07, 6.45) is 0. The third-order valence-corrected chi connectivity index (χ3v) is 3.41. The second-order valence-corrected chi connectivity index (χ2v) is 4.99. The Morgan fingerprint density at radius 2 is 2.00 bits per heavy atom. The number of carboxylic acid groups (broad SMARTS) is 1.